The molecule has 0 saturated carbocycles. The zero-order chi connectivity index (χ0) is 18.1. The molecule has 5 nitrogen and oxygen atoms in total. The van der Waals surface area contributed by atoms with E-state index in [0.717, 1.165) is 10.4 Å². The average Bonchev–Trinajstić information content (AvgIpc) is 2.75. The fraction of sp³-hybridized carbons (Fsp3) is 0.529. The van der Waals surface area contributed by atoms with Crippen LogP contribution in [-0.4, -0.2) is 23.6 Å². The summed E-state index contributed by atoms with van der Waals surface area (Å²) in [4.78, 5) is 24.8. The monoisotopic (exact) mass is 370 g/mol. The molecule has 3 N–H and O–H groups in total. The Labute approximate surface area is 151 Å². The molecule has 2 rings (SSSR count). The lowest BCUT2D eigenvalue weighted by molar-refractivity contribution is -0.114. The van der Waals surface area contributed by atoms with Gasteiger partial charge < -0.3 is 15.8 Å². The second-order valence-corrected chi connectivity index (χ2v) is 8.71. The van der Waals surface area contributed by atoms with Gasteiger partial charge in [-0.05, 0) is 52.2 Å². The quantitative estimate of drug-likeness (QED) is 0.846. The Morgan fingerprint density at radius 2 is 2.08 bits per heavy atom. The van der Waals surface area contributed by atoms with Crippen LogP contribution in [0.3, 0.4) is 0 Å². The van der Waals surface area contributed by atoms with E-state index >= 15 is 0 Å². The van der Waals surface area contributed by atoms with Gasteiger partial charge in [-0.1, -0.05) is 17.7 Å². The number of carbonyl (C=O) groups excluding carboxylic acids is 2. The van der Waals surface area contributed by atoms with Crippen LogP contribution in [0.5, 0.6) is 0 Å². The lowest BCUT2D eigenvalue weighted by atomic mass is 9.82. The molecular weight excluding hydrogens is 348 g/mol. The lowest BCUT2D eigenvalue weighted by Crippen LogP contribution is -2.44. The highest BCUT2D eigenvalue weighted by molar-refractivity contribution is 7.16. The number of alkyl carbamates (subject to hydrolysis) is 1. The van der Waals surface area contributed by atoms with E-state index in [1.165, 1.54) is 11.3 Å². The van der Waals surface area contributed by atoms with E-state index in [0.29, 0.717) is 22.8 Å². The van der Waals surface area contributed by atoms with Crippen LogP contribution < -0.4 is 11.1 Å². The first-order valence-corrected chi connectivity index (χ1v) is 9.00. The number of rotatable bonds is 3. The van der Waals surface area contributed by atoms with Crippen LogP contribution in [0.4, 0.5) is 4.79 Å². The third-order valence-electron chi connectivity index (χ3n) is 3.83. The zero-order valence-electron chi connectivity index (χ0n) is 14.3. The normalized spacial score (nSPS) is 21.1. The molecule has 1 aromatic rings. The van der Waals surface area contributed by atoms with Crippen LogP contribution in [0.25, 0.3) is 0 Å². The summed E-state index contributed by atoms with van der Waals surface area (Å²) in [6.45, 7) is 7.42. The summed E-state index contributed by atoms with van der Waals surface area (Å²) in [5.74, 6) is -0.413. The van der Waals surface area contributed by atoms with Gasteiger partial charge in [0.2, 0.25) is 5.91 Å². The minimum absolute atomic E-state index is 0.0399. The number of hydrogen-bond acceptors (Lipinski definition) is 4. The van der Waals surface area contributed by atoms with E-state index in [1.54, 1.807) is 0 Å². The predicted octanol–water partition coefficient (Wildman–Crippen LogP) is 3.89. The van der Waals surface area contributed by atoms with Crippen LogP contribution >= 0.6 is 22.9 Å². The molecule has 0 unspecified atom stereocenters. The average molecular weight is 371 g/mol. The first kappa shape index (κ1) is 18.8. The van der Waals surface area contributed by atoms with Gasteiger partial charge in [0.1, 0.15) is 5.60 Å². The highest BCUT2D eigenvalue weighted by atomic mass is 35.5. The van der Waals surface area contributed by atoms with Gasteiger partial charge >= 0.3 is 6.09 Å². The zero-order valence-corrected chi connectivity index (χ0v) is 15.9. The van der Waals surface area contributed by atoms with Crippen molar-refractivity contribution in [3.05, 3.63) is 32.5 Å². The largest absolute Gasteiger partial charge is 0.444 e. The van der Waals surface area contributed by atoms with E-state index in [9.17, 15) is 9.59 Å². The number of aryl methyl sites for hydroxylation is 1. The van der Waals surface area contributed by atoms with E-state index < -0.39 is 17.6 Å². The highest BCUT2D eigenvalue weighted by Gasteiger charge is 2.33. The molecule has 1 aliphatic rings. The molecule has 0 spiro atoms. The topological polar surface area (TPSA) is 81.4 Å². The molecule has 1 heterocycles. The minimum Gasteiger partial charge on any atom is -0.444 e. The molecule has 0 fully saturated rings. The third kappa shape index (κ3) is 4.74. The van der Waals surface area contributed by atoms with Crippen molar-refractivity contribution in [2.45, 2.75) is 58.1 Å². The Morgan fingerprint density at radius 1 is 1.42 bits per heavy atom. The van der Waals surface area contributed by atoms with Crippen molar-refractivity contribution < 1.29 is 14.3 Å². The van der Waals surface area contributed by atoms with Gasteiger partial charge in [0.15, 0.2) is 0 Å². The molecule has 132 valence electrons. The number of nitrogens with two attached hydrogens (primary N) is 1. The first-order valence-electron chi connectivity index (χ1n) is 7.81. The van der Waals surface area contributed by atoms with Crippen LogP contribution in [0.1, 0.15) is 50.0 Å². The van der Waals surface area contributed by atoms with Crippen molar-refractivity contribution in [2.75, 3.05) is 0 Å². The Hall–Kier alpha value is -1.53. The summed E-state index contributed by atoms with van der Waals surface area (Å²) < 4.78 is 6.06. The highest BCUT2D eigenvalue weighted by Crippen LogP contribution is 2.40. The van der Waals surface area contributed by atoms with Crippen LogP contribution in [0.2, 0.25) is 4.34 Å². The first-order chi connectivity index (χ1) is 11.1. The summed E-state index contributed by atoms with van der Waals surface area (Å²) in [5.41, 5.74) is 6.45. The fourth-order valence-electron chi connectivity index (χ4n) is 2.82. The summed E-state index contributed by atoms with van der Waals surface area (Å²) in [6, 6.07) is 1.65. The minimum atomic E-state index is -0.585. The number of hydrogen-bond donors (Lipinski definition) is 2. The number of halogens is 1. The molecular formula is C17H23ClN2O3S. The maximum absolute atomic E-state index is 12.2. The van der Waals surface area contributed by atoms with Crippen molar-refractivity contribution in [3.63, 3.8) is 0 Å². The van der Waals surface area contributed by atoms with Gasteiger partial charge in [0, 0.05) is 22.4 Å². The SMILES string of the molecule is Cc1cc(Cl)sc1[C@H]1CC=C(C(N)=O)C[C@@H]1NC(=O)OC(C)(C)C. The maximum atomic E-state index is 12.2. The molecule has 0 aliphatic heterocycles. The van der Waals surface area contributed by atoms with Gasteiger partial charge in [-0.3, -0.25) is 4.79 Å². The maximum Gasteiger partial charge on any atom is 0.407 e. The van der Waals surface area contributed by atoms with Crippen LogP contribution in [0, 0.1) is 6.92 Å². The molecule has 0 aromatic carbocycles. The Balaban J connectivity index is 2.24. The summed E-state index contributed by atoms with van der Waals surface area (Å²) in [5, 5.41) is 2.90. The van der Waals surface area contributed by atoms with Crippen molar-refractivity contribution in [2.24, 2.45) is 5.73 Å². The third-order valence-corrected chi connectivity index (χ3v) is 5.32. The lowest BCUT2D eigenvalue weighted by Gasteiger charge is -2.32. The fourth-order valence-corrected chi connectivity index (χ4v) is 4.31. The molecule has 2 amide bonds. The van der Waals surface area contributed by atoms with Gasteiger partial charge in [-0.25, -0.2) is 4.79 Å². The molecule has 24 heavy (non-hydrogen) atoms. The number of primary amides is 1. The smallest absolute Gasteiger partial charge is 0.407 e. The molecule has 0 saturated heterocycles. The molecule has 0 radical (unpaired) electrons. The van der Waals surface area contributed by atoms with E-state index in [2.05, 4.69) is 5.32 Å². The molecule has 1 aliphatic carbocycles. The van der Waals surface area contributed by atoms with E-state index in [4.69, 9.17) is 22.1 Å². The van der Waals surface area contributed by atoms with Crippen molar-refractivity contribution in [3.8, 4) is 0 Å². The summed E-state index contributed by atoms with van der Waals surface area (Å²) >= 11 is 7.62. The number of allylic oxidation sites excluding steroid dienone is 1. The van der Waals surface area contributed by atoms with E-state index in [-0.39, 0.29) is 12.0 Å². The van der Waals surface area contributed by atoms with Crippen molar-refractivity contribution in [1.29, 1.82) is 0 Å². The van der Waals surface area contributed by atoms with E-state index in [1.807, 2.05) is 39.8 Å². The summed E-state index contributed by atoms with van der Waals surface area (Å²) in [7, 11) is 0. The predicted molar refractivity (Wildman–Crippen MR) is 96.5 cm³/mol. The van der Waals surface area contributed by atoms with Crippen molar-refractivity contribution in [1.82, 2.24) is 5.32 Å². The number of amides is 2. The summed E-state index contributed by atoms with van der Waals surface area (Å²) in [6.07, 6.45) is 2.36. The number of nitrogens with one attached hydrogen (secondary N) is 1. The van der Waals surface area contributed by atoms with Crippen LogP contribution in [-0.2, 0) is 9.53 Å². The number of ether oxygens (including phenoxy) is 1. The Kier molecular flexibility index (Phi) is 5.60. The standard InChI is InChI=1S/C17H23ClN2O3S/c1-9-7-13(18)24-14(9)11-6-5-10(15(19)21)8-12(11)20-16(22)23-17(2,3)4/h5,7,11-12H,6,8H2,1-4H3,(H2,19,21)(H,20,22)/t11-,12-/m0/s1. The van der Waals surface area contributed by atoms with Gasteiger partial charge in [-0.15, -0.1) is 11.3 Å². The second-order valence-electron chi connectivity index (χ2n) is 6.99. The molecule has 1 aromatic heterocycles. The molecule has 7 heteroatoms. The van der Waals surface area contributed by atoms with Gasteiger partial charge in [0.25, 0.3) is 0 Å². The Bertz CT molecular complexity index is 676. The van der Waals surface area contributed by atoms with Crippen molar-refractivity contribution >= 4 is 34.9 Å². The number of thiophene rings is 1. The second kappa shape index (κ2) is 7.15. The van der Waals surface area contributed by atoms with Gasteiger partial charge in [-0.2, -0.15) is 0 Å². The van der Waals surface area contributed by atoms with Gasteiger partial charge in [0.05, 0.1) is 4.34 Å². The molecule has 2 atom stereocenters. The molecule has 0 bridgehead atoms. The Morgan fingerprint density at radius 3 is 2.58 bits per heavy atom. The van der Waals surface area contributed by atoms with Crippen LogP contribution in [0.15, 0.2) is 17.7 Å². The number of carbonyl (C=O) groups is 2.